The molecule has 1 aliphatic heterocycles. The van der Waals surface area contributed by atoms with Gasteiger partial charge in [-0.1, -0.05) is 25.5 Å². The molecule has 1 atom stereocenters. The summed E-state index contributed by atoms with van der Waals surface area (Å²) < 4.78 is 5.70. The van der Waals surface area contributed by atoms with Gasteiger partial charge in [-0.15, -0.1) is 0 Å². The van der Waals surface area contributed by atoms with E-state index in [0.717, 1.165) is 22.0 Å². The number of carbonyl (C=O) groups is 1. The topological polar surface area (TPSA) is 109 Å². The fraction of sp³-hybridized carbons (Fsp3) is 0.348. The molecule has 0 saturated heterocycles. The maximum atomic E-state index is 13.1. The summed E-state index contributed by atoms with van der Waals surface area (Å²) in [6.07, 6.45) is 0.849. The van der Waals surface area contributed by atoms with Crippen LogP contribution >= 0.6 is 0 Å². The minimum Gasteiger partial charge on any atom is -0.444 e. The van der Waals surface area contributed by atoms with Crippen molar-refractivity contribution in [2.45, 2.75) is 46.5 Å². The summed E-state index contributed by atoms with van der Waals surface area (Å²) in [5.41, 5.74) is 9.03. The van der Waals surface area contributed by atoms with Crippen LogP contribution in [0.2, 0.25) is 0 Å². The first kappa shape index (κ1) is 19.0. The number of fused-ring (bicyclic) bond motifs is 1. The molecule has 6 nitrogen and oxygen atoms in total. The van der Waals surface area contributed by atoms with Crippen molar-refractivity contribution in [1.29, 1.82) is 5.26 Å². The number of ketones is 1. The Hall–Kier alpha value is -3.33. The van der Waals surface area contributed by atoms with Gasteiger partial charge in [-0.25, -0.2) is 0 Å². The molecule has 0 radical (unpaired) electrons. The number of allylic oxidation sites excluding steroid dienone is 3. The molecule has 0 unspecified atom stereocenters. The van der Waals surface area contributed by atoms with Crippen LogP contribution in [0.15, 0.2) is 45.8 Å². The van der Waals surface area contributed by atoms with Crippen molar-refractivity contribution < 1.29 is 9.53 Å². The Morgan fingerprint density at radius 1 is 1.21 bits per heavy atom. The number of nitrogens with zero attached hydrogens (tertiary/aromatic N) is 1. The molecular formula is C23H23N3O3. The van der Waals surface area contributed by atoms with Crippen LogP contribution < -0.4 is 11.3 Å². The quantitative estimate of drug-likeness (QED) is 0.774. The highest BCUT2D eigenvalue weighted by molar-refractivity contribution is 6.00. The second-order valence-corrected chi connectivity index (χ2v) is 8.80. The molecule has 2 aromatic rings. The Morgan fingerprint density at radius 2 is 1.93 bits per heavy atom. The van der Waals surface area contributed by atoms with Crippen LogP contribution in [0.4, 0.5) is 0 Å². The molecule has 2 aliphatic rings. The number of aryl methyl sites for hydroxylation is 2. The number of pyridine rings is 1. The van der Waals surface area contributed by atoms with Gasteiger partial charge in [0, 0.05) is 24.0 Å². The molecule has 3 N–H and O–H groups in total. The molecule has 6 heteroatoms. The van der Waals surface area contributed by atoms with E-state index in [1.807, 2.05) is 39.8 Å². The number of aromatic amines is 1. The van der Waals surface area contributed by atoms with Gasteiger partial charge in [0.15, 0.2) is 5.78 Å². The Bertz CT molecular complexity index is 1240. The predicted octanol–water partition coefficient (Wildman–Crippen LogP) is 3.60. The third-order valence-electron chi connectivity index (χ3n) is 5.71. The van der Waals surface area contributed by atoms with Crippen molar-refractivity contribution >= 4 is 16.7 Å². The molecule has 0 saturated carbocycles. The van der Waals surface area contributed by atoms with E-state index in [1.165, 1.54) is 0 Å². The summed E-state index contributed by atoms with van der Waals surface area (Å²) in [7, 11) is 0. The first-order valence-electron chi connectivity index (χ1n) is 9.59. The largest absolute Gasteiger partial charge is 0.444 e. The molecule has 0 fully saturated rings. The number of hydrogen-bond donors (Lipinski definition) is 2. The molecular weight excluding hydrogens is 366 g/mol. The van der Waals surface area contributed by atoms with Crippen LogP contribution in [0.3, 0.4) is 0 Å². The van der Waals surface area contributed by atoms with Gasteiger partial charge in [-0.3, -0.25) is 9.59 Å². The van der Waals surface area contributed by atoms with Crippen LogP contribution in [0.5, 0.6) is 0 Å². The fourth-order valence-electron chi connectivity index (χ4n) is 4.51. The average molecular weight is 389 g/mol. The van der Waals surface area contributed by atoms with Gasteiger partial charge in [-0.05, 0) is 42.3 Å². The van der Waals surface area contributed by atoms with E-state index in [0.29, 0.717) is 29.7 Å². The standard InChI is InChI=1S/C23H23N3O3/c1-11-5-12(2)20-13(6-11)7-14(22(28)26-20)18-15(10-24)21(25)29-17-9-23(3,4)8-16(27)19(17)18/h5-7,18H,8-9,25H2,1-4H3,(H,26,28)/t18-/m0/s1. The molecule has 2 heterocycles. The van der Waals surface area contributed by atoms with E-state index in [1.54, 1.807) is 6.07 Å². The number of H-pyrrole nitrogens is 1. The summed E-state index contributed by atoms with van der Waals surface area (Å²) >= 11 is 0. The summed E-state index contributed by atoms with van der Waals surface area (Å²) in [5.74, 6) is -0.503. The van der Waals surface area contributed by atoms with Crippen LogP contribution in [0, 0.1) is 30.6 Å². The van der Waals surface area contributed by atoms with Crippen LogP contribution in [0.1, 0.15) is 49.3 Å². The van der Waals surface area contributed by atoms with Crippen molar-refractivity contribution in [1.82, 2.24) is 4.98 Å². The zero-order valence-corrected chi connectivity index (χ0v) is 17.0. The van der Waals surface area contributed by atoms with Crippen LogP contribution in [-0.4, -0.2) is 10.8 Å². The summed E-state index contributed by atoms with van der Waals surface area (Å²) in [6.45, 7) is 7.89. The number of hydrogen-bond acceptors (Lipinski definition) is 5. The number of nitriles is 1. The van der Waals surface area contributed by atoms with Crippen molar-refractivity contribution in [3.05, 3.63) is 68.0 Å². The van der Waals surface area contributed by atoms with Crippen molar-refractivity contribution in [3.63, 3.8) is 0 Å². The lowest BCUT2D eigenvalue weighted by molar-refractivity contribution is -0.119. The van der Waals surface area contributed by atoms with Gasteiger partial charge < -0.3 is 15.5 Å². The molecule has 0 bridgehead atoms. The molecule has 4 rings (SSSR count). The summed E-state index contributed by atoms with van der Waals surface area (Å²) in [4.78, 5) is 29.0. The Morgan fingerprint density at radius 3 is 2.62 bits per heavy atom. The van der Waals surface area contributed by atoms with Gasteiger partial charge in [0.05, 0.1) is 11.4 Å². The zero-order valence-electron chi connectivity index (χ0n) is 17.0. The maximum Gasteiger partial charge on any atom is 0.252 e. The monoisotopic (exact) mass is 389 g/mol. The van der Waals surface area contributed by atoms with E-state index >= 15 is 0 Å². The Labute approximate surface area is 168 Å². The van der Waals surface area contributed by atoms with Gasteiger partial charge in [0.2, 0.25) is 5.88 Å². The molecule has 148 valence electrons. The second kappa shape index (κ2) is 6.35. The van der Waals surface area contributed by atoms with E-state index in [2.05, 4.69) is 11.1 Å². The van der Waals surface area contributed by atoms with Crippen molar-refractivity contribution in [2.75, 3.05) is 0 Å². The van der Waals surface area contributed by atoms with Crippen LogP contribution in [-0.2, 0) is 9.53 Å². The number of nitrogens with one attached hydrogen (secondary N) is 1. The minimum absolute atomic E-state index is 0.0401. The molecule has 0 spiro atoms. The van der Waals surface area contributed by atoms with Gasteiger partial charge in [0.25, 0.3) is 5.56 Å². The van der Waals surface area contributed by atoms with Crippen molar-refractivity contribution in [3.8, 4) is 6.07 Å². The van der Waals surface area contributed by atoms with E-state index in [4.69, 9.17) is 10.5 Å². The number of ether oxygens (including phenoxy) is 1. The first-order chi connectivity index (χ1) is 13.6. The predicted molar refractivity (Wildman–Crippen MR) is 110 cm³/mol. The molecule has 1 aliphatic carbocycles. The number of rotatable bonds is 1. The SMILES string of the molecule is Cc1cc(C)c2[nH]c(=O)c([C@H]3C(C#N)=C(N)OC4=C3C(=O)CC(C)(C)C4)cc2c1. The summed E-state index contributed by atoms with van der Waals surface area (Å²) in [6, 6.07) is 7.81. The van der Waals surface area contributed by atoms with Gasteiger partial charge in [-0.2, -0.15) is 5.26 Å². The normalized spacial score (nSPS) is 21.1. The van der Waals surface area contributed by atoms with Gasteiger partial charge in [0.1, 0.15) is 17.4 Å². The second-order valence-electron chi connectivity index (χ2n) is 8.80. The Kier molecular flexibility index (Phi) is 4.16. The number of Topliss-reactive ketones (excluding diaryl/α,β-unsaturated/α-hetero) is 1. The van der Waals surface area contributed by atoms with Crippen LogP contribution in [0.25, 0.3) is 10.9 Å². The smallest absolute Gasteiger partial charge is 0.252 e. The lowest BCUT2D eigenvalue weighted by Gasteiger charge is -2.37. The lowest BCUT2D eigenvalue weighted by Crippen LogP contribution is -2.35. The number of benzene rings is 1. The highest BCUT2D eigenvalue weighted by Crippen LogP contribution is 2.47. The zero-order chi connectivity index (χ0) is 21.1. The maximum absolute atomic E-state index is 13.1. The highest BCUT2D eigenvalue weighted by atomic mass is 16.5. The van der Waals surface area contributed by atoms with Crippen molar-refractivity contribution in [2.24, 2.45) is 11.1 Å². The van der Waals surface area contributed by atoms with E-state index < -0.39 is 5.92 Å². The van der Waals surface area contributed by atoms with Gasteiger partial charge >= 0.3 is 0 Å². The first-order valence-corrected chi connectivity index (χ1v) is 9.59. The molecule has 29 heavy (non-hydrogen) atoms. The number of aromatic nitrogens is 1. The number of nitrogens with two attached hydrogens (primary N) is 1. The highest BCUT2D eigenvalue weighted by Gasteiger charge is 2.43. The lowest BCUT2D eigenvalue weighted by atomic mass is 9.70. The van der Waals surface area contributed by atoms with E-state index in [9.17, 15) is 14.9 Å². The molecule has 1 aromatic carbocycles. The average Bonchev–Trinajstić information content (AvgIpc) is 2.59. The number of carbonyl (C=O) groups excluding carboxylic acids is 1. The third-order valence-corrected chi connectivity index (χ3v) is 5.71. The van der Waals surface area contributed by atoms with E-state index in [-0.39, 0.29) is 28.2 Å². The Balaban J connectivity index is 2.00. The minimum atomic E-state index is -0.818. The third kappa shape index (κ3) is 3.03. The molecule has 0 amide bonds. The molecule has 1 aromatic heterocycles. The summed E-state index contributed by atoms with van der Waals surface area (Å²) in [5, 5.41) is 10.6. The fourth-order valence-corrected chi connectivity index (χ4v) is 4.51.